The van der Waals surface area contributed by atoms with Gasteiger partial charge in [-0.05, 0) is 43.5 Å². The number of fused-ring (bicyclic) bond motifs is 1. The van der Waals surface area contributed by atoms with Crippen molar-refractivity contribution >= 4 is 23.1 Å². The van der Waals surface area contributed by atoms with Crippen LogP contribution in [0.25, 0.3) is 28.5 Å². The Morgan fingerprint density at radius 3 is 2.79 bits per heavy atom. The highest BCUT2D eigenvalue weighted by atomic mass is 16.5. The molecule has 0 radical (unpaired) electrons. The van der Waals surface area contributed by atoms with Crippen LogP contribution in [0.1, 0.15) is 37.9 Å². The van der Waals surface area contributed by atoms with E-state index in [-0.39, 0.29) is 5.56 Å². The first-order valence-electron chi connectivity index (χ1n) is 9.60. The number of carboxylic acids is 1. The van der Waals surface area contributed by atoms with Crippen molar-refractivity contribution in [2.75, 3.05) is 6.61 Å². The number of aryl methyl sites for hydroxylation is 2. The second-order valence-corrected chi connectivity index (χ2v) is 6.70. The molecule has 2 heterocycles. The topological polar surface area (TPSA) is 110 Å². The number of aromatic amines is 1. The summed E-state index contributed by atoms with van der Waals surface area (Å²) in [5.74, 6) is -0.110. The SMILES string of the molecule is CCCOc1ccc(/C=C/C(=O)O)cc1-c1nc2c(c(C)nn2CCC)c(=O)[nH]1. The third-order valence-electron chi connectivity index (χ3n) is 4.35. The second-order valence-electron chi connectivity index (χ2n) is 6.70. The molecule has 0 amide bonds. The average Bonchev–Trinajstić information content (AvgIpc) is 3.01. The number of ether oxygens (including phenoxy) is 1. The van der Waals surface area contributed by atoms with E-state index >= 15 is 0 Å². The molecule has 8 nitrogen and oxygen atoms in total. The Kier molecular flexibility index (Phi) is 6.11. The van der Waals surface area contributed by atoms with Crippen LogP contribution < -0.4 is 10.3 Å². The molecule has 0 atom stereocenters. The molecular weight excluding hydrogens is 372 g/mol. The van der Waals surface area contributed by atoms with Crippen molar-refractivity contribution in [2.24, 2.45) is 0 Å². The molecule has 0 aliphatic carbocycles. The van der Waals surface area contributed by atoms with Crippen molar-refractivity contribution in [1.29, 1.82) is 0 Å². The van der Waals surface area contributed by atoms with Gasteiger partial charge in [0.2, 0.25) is 0 Å². The van der Waals surface area contributed by atoms with E-state index in [0.717, 1.165) is 18.9 Å². The number of carbonyl (C=O) groups is 1. The van der Waals surface area contributed by atoms with E-state index in [0.29, 0.717) is 52.6 Å². The molecule has 0 unspecified atom stereocenters. The molecule has 3 rings (SSSR count). The molecule has 3 aromatic rings. The van der Waals surface area contributed by atoms with Crippen molar-refractivity contribution in [3.63, 3.8) is 0 Å². The summed E-state index contributed by atoms with van der Waals surface area (Å²) in [6, 6.07) is 5.27. The van der Waals surface area contributed by atoms with E-state index in [4.69, 9.17) is 9.84 Å². The standard InChI is InChI=1S/C21H24N4O4/c1-4-10-25-20-18(13(3)24-25)21(28)23-19(22-20)15-12-14(7-9-17(26)27)6-8-16(15)29-11-5-2/h6-9,12H,4-5,10-11H2,1-3H3,(H,26,27)(H,22,23,28)/b9-7+. The maximum absolute atomic E-state index is 12.8. The van der Waals surface area contributed by atoms with Crippen LogP contribution in [-0.4, -0.2) is 37.4 Å². The van der Waals surface area contributed by atoms with Crippen LogP contribution in [-0.2, 0) is 11.3 Å². The predicted molar refractivity (Wildman–Crippen MR) is 111 cm³/mol. The van der Waals surface area contributed by atoms with E-state index in [1.54, 1.807) is 29.8 Å². The van der Waals surface area contributed by atoms with Gasteiger partial charge in [0.25, 0.3) is 5.56 Å². The molecule has 0 aliphatic rings. The number of aliphatic carboxylic acids is 1. The monoisotopic (exact) mass is 396 g/mol. The molecule has 29 heavy (non-hydrogen) atoms. The molecule has 2 N–H and O–H groups in total. The fraction of sp³-hybridized carbons (Fsp3) is 0.333. The van der Waals surface area contributed by atoms with Gasteiger partial charge in [-0.3, -0.25) is 4.79 Å². The number of carboxylic acid groups (broad SMARTS) is 1. The van der Waals surface area contributed by atoms with Gasteiger partial charge in [0.1, 0.15) is 17.0 Å². The Bertz CT molecular complexity index is 1130. The maximum atomic E-state index is 12.8. The van der Waals surface area contributed by atoms with Gasteiger partial charge in [-0.15, -0.1) is 0 Å². The quantitative estimate of drug-likeness (QED) is 0.565. The lowest BCUT2D eigenvalue weighted by Crippen LogP contribution is -2.11. The van der Waals surface area contributed by atoms with Crippen molar-refractivity contribution in [3.8, 4) is 17.1 Å². The van der Waals surface area contributed by atoms with E-state index in [1.165, 1.54) is 6.08 Å². The number of nitrogens with one attached hydrogen (secondary N) is 1. The van der Waals surface area contributed by atoms with E-state index < -0.39 is 5.97 Å². The van der Waals surface area contributed by atoms with E-state index in [9.17, 15) is 9.59 Å². The van der Waals surface area contributed by atoms with Gasteiger partial charge >= 0.3 is 5.97 Å². The average molecular weight is 396 g/mol. The molecule has 0 spiro atoms. The molecule has 0 saturated heterocycles. The summed E-state index contributed by atoms with van der Waals surface area (Å²) in [7, 11) is 0. The number of hydrogen-bond acceptors (Lipinski definition) is 5. The minimum atomic E-state index is -1.04. The fourth-order valence-corrected chi connectivity index (χ4v) is 3.09. The van der Waals surface area contributed by atoms with Crippen LogP contribution in [0.15, 0.2) is 29.1 Å². The third-order valence-corrected chi connectivity index (χ3v) is 4.35. The number of H-pyrrole nitrogens is 1. The summed E-state index contributed by atoms with van der Waals surface area (Å²) in [5, 5.41) is 13.8. The van der Waals surface area contributed by atoms with Crippen molar-refractivity contribution < 1.29 is 14.6 Å². The summed E-state index contributed by atoms with van der Waals surface area (Å²) in [6.07, 6.45) is 4.23. The smallest absolute Gasteiger partial charge is 0.328 e. The highest BCUT2D eigenvalue weighted by Crippen LogP contribution is 2.30. The maximum Gasteiger partial charge on any atom is 0.328 e. The largest absolute Gasteiger partial charge is 0.493 e. The summed E-state index contributed by atoms with van der Waals surface area (Å²) in [6.45, 7) is 6.99. The first kappa shape index (κ1) is 20.3. The van der Waals surface area contributed by atoms with Gasteiger partial charge in [0, 0.05) is 12.6 Å². The van der Waals surface area contributed by atoms with E-state index in [2.05, 4.69) is 15.1 Å². The minimum absolute atomic E-state index is 0.266. The lowest BCUT2D eigenvalue weighted by atomic mass is 10.1. The number of aromatic nitrogens is 4. The molecule has 0 bridgehead atoms. The number of nitrogens with zero attached hydrogens (tertiary/aromatic N) is 3. The van der Waals surface area contributed by atoms with Gasteiger partial charge in [-0.25, -0.2) is 14.5 Å². The normalized spacial score (nSPS) is 11.4. The van der Waals surface area contributed by atoms with Crippen molar-refractivity contribution in [1.82, 2.24) is 19.7 Å². The van der Waals surface area contributed by atoms with Crippen LogP contribution >= 0.6 is 0 Å². The highest BCUT2D eigenvalue weighted by Gasteiger charge is 2.17. The summed E-state index contributed by atoms with van der Waals surface area (Å²) >= 11 is 0. The third kappa shape index (κ3) is 4.37. The zero-order valence-electron chi connectivity index (χ0n) is 16.7. The molecule has 0 aliphatic heterocycles. The molecular formula is C21H24N4O4. The van der Waals surface area contributed by atoms with Gasteiger partial charge < -0.3 is 14.8 Å². The Morgan fingerprint density at radius 2 is 2.10 bits per heavy atom. The molecule has 152 valence electrons. The van der Waals surface area contributed by atoms with Crippen molar-refractivity contribution in [3.05, 3.63) is 45.9 Å². The lowest BCUT2D eigenvalue weighted by Gasteiger charge is -2.12. The molecule has 8 heteroatoms. The number of hydrogen-bond donors (Lipinski definition) is 2. The van der Waals surface area contributed by atoms with Crippen LogP contribution in [0.4, 0.5) is 0 Å². The van der Waals surface area contributed by atoms with Crippen LogP contribution in [0, 0.1) is 6.92 Å². The Hall–Kier alpha value is -3.42. The van der Waals surface area contributed by atoms with Crippen LogP contribution in [0.2, 0.25) is 0 Å². The number of benzene rings is 1. The first-order chi connectivity index (χ1) is 13.9. The summed E-state index contributed by atoms with van der Waals surface area (Å²) in [4.78, 5) is 31.1. The van der Waals surface area contributed by atoms with Crippen LogP contribution in [0.3, 0.4) is 0 Å². The zero-order chi connectivity index (χ0) is 21.0. The fourth-order valence-electron chi connectivity index (χ4n) is 3.09. The Morgan fingerprint density at radius 1 is 1.31 bits per heavy atom. The number of rotatable bonds is 8. The second kappa shape index (κ2) is 8.72. The van der Waals surface area contributed by atoms with E-state index in [1.807, 2.05) is 13.8 Å². The molecule has 0 fully saturated rings. The Labute approximate surface area is 167 Å². The van der Waals surface area contributed by atoms with Gasteiger partial charge in [-0.2, -0.15) is 5.10 Å². The molecule has 2 aromatic heterocycles. The van der Waals surface area contributed by atoms with Crippen LogP contribution in [0.5, 0.6) is 5.75 Å². The lowest BCUT2D eigenvalue weighted by molar-refractivity contribution is -0.131. The summed E-state index contributed by atoms with van der Waals surface area (Å²) in [5.41, 5.74) is 2.14. The molecule has 1 aromatic carbocycles. The summed E-state index contributed by atoms with van der Waals surface area (Å²) < 4.78 is 7.57. The minimum Gasteiger partial charge on any atom is -0.493 e. The molecule has 0 saturated carbocycles. The predicted octanol–water partition coefficient (Wildman–Crippen LogP) is 3.39. The van der Waals surface area contributed by atoms with Gasteiger partial charge in [0.15, 0.2) is 5.65 Å². The zero-order valence-corrected chi connectivity index (χ0v) is 16.7. The Balaban J connectivity index is 2.20. The first-order valence-corrected chi connectivity index (χ1v) is 9.60. The highest BCUT2D eigenvalue weighted by molar-refractivity contribution is 5.86. The van der Waals surface area contributed by atoms with Crippen molar-refractivity contribution in [2.45, 2.75) is 40.2 Å². The van der Waals surface area contributed by atoms with Gasteiger partial charge in [0.05, 0.1) is 17.9 Å². The van der Waals surface area contributed by atoms with Gasteiger partial charge in [-0.1, -0.05) is 19.9 Å².